The lowest BCUT2D eigenvalue weighted by Crippen LogP contribution is -2.26. The molecule has 0 radical (unpaired) electrons. The van der Waals surface area contributed by atoms with Gasteiger partial charge >= 0.3 is 5.97 Å². The molecule has 0 unspecified atom stereocenters. The highest BCUT2D eigenvalue weighted by atomic mass is 16.6. The summed E-state index contributed by atoms with van der Waals surface area (Å²) in [6.07, 6.45) is 1.85. The molecule has 1 aliphatic heterocycles. The number of hydrogen-bond acceptors (Lipinski definition) is 5. The van der Waals surface area contributed by atoms with Crippen LogP contribution in [0.25, 0.3) is 5.57 Å². The van der Waals surface area contributed by atoms with Gasteiger partial charge in [0.05, 0.1) is 19.8 Å². The molecule has 0 saturated carbocycles. The summed E-state index contributed by atoms with van der Waals surface area (Å²) in [4.78, 5) is 12.7. The Kier molecular flexibility index (Phi) is 5.19. The molecule has 1 heterocycles. The van der Waals surface area contributed by atoms with Gasteiger partial charge in [-0.3, -0.25) is 0 Å². The maximum absolute atomic E-state index is 12.7. The molecule has 0 amide bonds. The molecule has 1 aromatic carbocycles. The Hall–Kier alpha value is -2.17. The Balaban J connectivity index is 2.47. The van der Waals surface area contributed by atoms with Crippen molar-refractivity contribution >= 4 is 11.5 Å². The Bertz CT molecular complexity index is 606. The lowest BCUT2D eigenvalue weighted by molar-refractivity contribution is -0.147. The van der Waals surface area contributed by atoms with Crippen molar-refractivity contribution < 1.29 is 19.0 Å². The minimum atomic E-state index is -0.544. The molecule has 5 heteroatoms. The maximum atomic E-state index is 12.7. The highest BCUT2D eigenvalue weighted by Gasteiger charge is 2.26. The van der Waals surface area contributed by atoms with Crippen molar-refractivity contribution in [1.29, 1.82) is 0 Å². The topological polar surface area (TPSA) is 56.8 Å². The zero-order valence-corrected chi connectivity index (χ0v) is 14.5. The van der Waals surface area contributed by atoms with Gasteiger partial charge < -0.3 is 19.5 Å². The van der Waals surface area contributed by atoms with Crippen molar-refractivity contribution in [1.82, 2.24) is 5.32 Å². The second kappa shape index (κ2) is 6.94. The number of ether oxygens (including phenoxy) is 3. The van der Waals surface area contributed by atoms with Crippen molar-refractivity contribution in [3.63, 3.8) is 0 Å². The van der Waals surface area contributed by atoms with Crippen LogP contribution >= 0.6 is 0 Å². The van der Waals surface area contributed by atoms with E-state index < -0.39 is 5.60 Å². The highest BCUT2D eigenvalue weighted by molar-refractivity contribution is 6.17. The summed E-state index contributed by atoms with van der Waals surface area (Å²) in [6, 6.07) is 5.47. The van der Waals surface area contributed by atoms with Crippen molar-refractivity contribution in [3.8, 4) is 11.5 Å². The Morgan fingerprint density at radius 2 is 1.83 bits per heavy atom. The Labute approximate surface area is 137 Å². The van der Waals surface area contributed by atoms with Gasteiger partial charge in [-0.15, -0.1) is 0 Å². The largest absolute Gasteiger partial charge is 0.493 e. The molecule has 1 aliphatic rings. The van der Waals surface area contributed by atoms with Gasteiger partial charge in [-0.05, 0) is 51.3 Å². The van der Waals surface area contributed by atoms with E-state index in [1.54, 1.807) is 20.3 Å². The first-order valence-corrected chi connectivity index (χ1v) is 7.78. The summed E-state index contributed by atoms with van der Waals surface area (Å²) in [6.45, 7) is 6.46. The summed E-state index contributed by atoms with van der Waals surface area (Å²) in [5, 5.41) is 3.29. The lowest BCUT2D eigenvalue weighted by atomic mass is 10.0. The number of allylic oxidation sites excluding steroid dienone is 1. The third-order valence-corrected chi connectivity index (χ3v) is 3.52. The van der Waals surface area contributed by atoms with Gasteiger partial charge in [-0.2, -0.15) is 0 Å². The molecule has 0 atom stereocenters. The predicted octanol–water partition coefficient (Wildman–Crippen LogP) is 3.14. The second-order valence-electron chi connectivity index (χ2n) is 6.46. The maximum Gasteiger partial charge on any atom is 0.341 e. The number of nitrogens with one attached hydrogen (secondary N) is 1. The van der Waals surface area contributed by atoms with Crippen LogP contribution in [0.3, 0.4) is 0 Å². The van der Waals surface area contributed by atoms with Gasteiger partial charge in [0, 0.05) is 12.2 Å². The van der Waals surface area contributed by atoms with E-state index in [-0.39, 0.29) is 5.97 Å². The number of esters is 1. The summed E-state index contributed by atoms with van der Waals surface area (Å²) in [5.41, 5.74) is 1.71. The van der Waals surface area contributed by atoms with Crippen molar-refractivity contribution in [2.75, 3.05) is 20.8 Å². The first kappa shape index (κ1) is 17.2. The minimum absolute atomic E-state index is 0.325. The van der Waals surface area contributed by atoms with Gasteiger partial charge in [0.25, 0.3) is 0 Å². The second-order valence-corrected chi connectivity index (χ2v) is 6.46. The van der Waals surface area contributed by atoms with E-state index >= 15 is 0 Å². The molecule has 0 aromatic heterocycles. The van der Waals surface area contributed by atoms with Crippen LogP contribution < -0.4 is 14.8 Å². The number of methoxy groups -OCH3 is 2. The van der Waals surface area contributed by atoms with Crippen LogP contribution in [0, 0.1) is 0 Å². The average Bonchev–Trinajstić information content (AvgIpc) is 2.99. The van der Waals surface area contributed by atoms with Gasteiger partial charge in [-0.1, -0.05) is 6.07 Å². The molecule has 23 heavy (non-hydrogen) atoms. The lowest BCUT2D eigenvalue weighted by Gasteiger charge is -2.22. The van der Waals surface area contributed by atoms with Crippen molar-refractivity contribution in [3.05, 3.63) is 29.5 Å². The third-order valence-electron chi connectivity index (χ3n) is 3.52. The summed E-state index contributed by atoms with van der Waals surface area (Å²) in [7, 11) is 3.17. The molecular weight excluding hydrogens is 294 g/mol. The van der Waals surface area contributed by atoms with E-state index in [2.05, 4.69) is 5.32 Å². The molecule has 2 rings (SSSR count). The molecule has 0 aliphatic carbocycles. The molecule has 1 fully saturated rings. The number of carbonyl (C=O) groups excluding carboxylic acids is 1. The van der Waals surface area contributed by atoms with E-state index in [1.165, 1.54) is 0 Å². The fraction of sp³-hybridized carbons (Fsp3) is 0.500. The van der Waals surface area contributed by atoms with Gasteiger partial charge in [0.1, 0.15) is 5.60 Å². The highest BCUT2D eigenvalue weighted by Crippen LogP contribution is 2.33. The Morgan fingerprint density at radius 1 is 1.13 bits per heavy atom. The van der Waals surface area contributed by atoms with Crippen LogP contribution in [-0.4, -0.2) is 32.3 Å². The van der Waals surface area contributed by atoms with E-state index in [1.807, 2.05) is 32.9 Å². The Morgan fingerprint density at radius 3 is 2.35 bits per heavy atom. The van der Waals surface area contributed by atoms with Crippen molar-refractivity contribution in [2.24, 2.45) is 0 Å². The van der Waals surface area contributed by atoms with Crippen LogP contribution in [0.2, 0.25) is 0 Å². The first-order valence-electron chi connectivity index (χ1n) is 7.78. The molecule has 0 bridgehead atoms. The van der Waals surface area contributed by atoms with Gasteiger partial charge in [0.15, 0.2) is 11.5 Å². The monoisotopic (exact) mass is 319 g/mol. The normalized spacial score (nSPS) is 16.6. The van der Waals surface area contributed by atoms with E-state index in [0.717, 1.165) is 30.6 Å². The standard InChI is InChI=1S/C18H25NO4/c1-18(2,3)23-17(20)16(13-7-6-10-19-13)12-8-9-14(21-4)15(11-12)22-5/h8-9,11,19H,6-7,10H2,1-5H3. The molecule has 1 N–H and O–H groups in total. The number of rotatable bonds is 4. The zero-order valence-electron chi connectivity index (χ0n) is 14.5. The summed E-state index contributed by atoms with van der Waals surface area (Å²) < 4.78 is 16.2. The van der Waals surface area contributed by atoms with E-state index in [0.29, 0.717) is 17.1 Å². The molecule has 5 nitrogen and oxygen atoms in total. The van der Waals surface area contributed by atoms with Crippen LogP contribution in [0.4, 0.5) is 0 Å². The zero-order chi connectivity index (χ0) is 17.0. The number of carbonyl (C=O) groups is 1. The van der Waals surface area contributed by atoms with Gasteiger partial charge in [0.2, 0.25) is 0 Å². The summed E-state index contributed by atoms with van der Waals surface area (Å²) >= 11 is 0. The first-order chi connectivity index (χ1) is 10.9. The molecular formula is C18H25NO4. The number of hydrogen-bond donors (Lipinski definition) is 1. The smallest absolute Gasteiger partial charge is 0.341 e. The fourth-order valence-corrected chi connectivity index (χ4v) is 2.54. The SMILES string of the molecule is COc1ccc(C(C(=O)OC(C)(C)C)=C2CCCN2)cc1OC. The number of benzene rings is 1. The quantitative estimate of drug-likeness (QED) is 0.682. The van der Waals surface area contributed by atoms with Crippen LogP contribution in [0.5, 0.6) is 11.5 Å². The molecule has 126 valence electrons. The molecule has 1 aromatic rings. The van der Waals surface area contributed by atoms with Gasteiger partial charge in [-0.25, -0.2) is 4.79 Å². The van der Waals surface area contributed by atoms with Crippen LogP contribution in [-0.2, 0) is 9.53 Å². The van der Waals surface area contributed by atoms with E-state index in [9.17, 15) is 4.79 Å². The van der Waals surface area contributed by atoms with Crippen molar-refractivity contribution in [2.45, 2.75) is 39.2 Å². The molecule has 1 saturated heterocycles. The summed E-state index contributed by atoms with van der Waals surface area (Å²) in [5.74, 6) is 0.892. The minimum Gasteiger partial charge on any atom is -0.493 e. The average molecular weight is 319 g/mol. The third kappa shape index (κ3) is 4.18. The van der Waals surface area contributed by atoms with Crippen LogP contribution in [0.15, 0.2) is 23.9 Å². The van der Waals surface area contributed by atoms with Crippen LogP contribution in [0.1, 0.15) is 39.2 Å². The van der Waals surface area contributed by atoms with E-state index in [4.69, 9.17) is 14.2 Å². The fourth-order valence-electron chi connectivity index (χ4n) is 2.54. The predicted molar refractivity (Wildman–Crippen MR) is 89.5 cm³/mol. The molecule has 0 spiro atoms.